The van der Waals surface area contributed by atoms with Gasteiger partial charge in [0.15, 0.2) is 5.76 Å². The van der Waals surface area contributed by atoms with Gasteiger partial charge in [-0.1, -0.05) is 24.3 Å². The lowest BCUT2D eigenvalue weighted by Crippen LogP contribution is -2.41. The summed E-state index contributed by atoms with van der Waals surface area (Å²) in [7, 11) is 0. The van der Waals surface area contributed by atoms with Crippen molar-refractivity contribution < 1.29 is 18.9 Å². The normalized spacial score (nSPS) is 10.4. The predicted octanol–water partition coefficient (Wildman–Crippen LogP) is 2.72. The first-order chi connectivity index (χ1) is 12.0. The summed E-state index contributed by atoms with van der Waals surface area (Å²) in [6, 6.07) is 12.4. The summed E-state index contributed by atoms with van der Waals surface area (Å²) in [5, 5.41) is 11.5. The number of benzene rings is 2. The summed E-state index contributed by atoms with van der Waals surface area (Å²) in [5.41, 5.74) is 5.51. The van der Waals surface area contributed by atoms with Crippen molar-refractivity contribution in [3.05, 3.63) is 75.5 Å². The SMILES string of the molecule is Cc1c(C(=O)NNC(=O)c2cccc([N+](=O)[O-])c2)oc2ccccc12. The summed E-state index contributed by atoms with van der Waals surface area (Å²) in [6.45, 7) is 1.74. The third-order valence-electron chi connectivity index (χ3n) is 3.66. The Morgan fingerprint density at radius 2 is 1.76 bits per heavy atom. The second-order valence-corrected chi connectivity index (χ2v) is 5.27. The van der Waals surface area contributed by atoms with Gasteiger partial charge in [0.05, 0.1) is 4.92 Å². The van der Waals surface area contributed by atoms with Crippen LogP contribution in [0.15, 0.2) is 52.9 Å². The Morgan fingerprint density at radius 1 is 1.04 bits per heavy atom. The first kappa shape index (κ1) is 16.2. The third kappa shape index (κ3) is 3.18. The number of non-ortho nitro benzene ring substituents is 1. The molecule has 2 N–H and O–H groups in total. The molecule has 0 spiro atoms. The van der Waals surface area contributed by atoms with Gasteiger partial charge in [-0.15, -0.1) is 0 Å². The average Bonchev–Trinajstić information content (AvgIpc) is 2.96. The lowest BCUT2D eigenvalue weighted by Gasteiger charge is -2.06. The summed E-state index contributed by atoms with van der Waals surface area (Å²) >= 11 is 0. The highest BCUT2D eigenvalue weighted by Gasteiger charge is 2.18. The van der Waals surface area contributed by atoms with Crippen LogP contribution in [-0.4, -0.2) is 16.7 Å². The topological polar surface area (TPSA) is 114 Å². The van der Waals surface area contributed by atoms with Gasteiger partial charge in [-0.05, 0) is 19.1 Å². The van der Waals surface area contributed by atoms with Gasteiger partial charge in [0.25, 0.3) is 11.6 Å². The number of nitrogens with one attached hydrogen (secondary N) is 2. The quantitative estimate of drug-likeness (QED) is 0.562. The van der Waals surface area contributed by atoms with Gasteiger partial charge in [0, 0.05) is 28.6 Å². The van der Waals surface area contributed by atoms with E-state index in [4.69, 9.17) is 4.42 Å². The molecule has 3 aromatic rings. The Balaban J connectivity index is 1.73. The fourth-order valence-corrected chi connectivity index (χ4v) is 2.39. The van der Waals surface area contributed by atoms with Crippen LogP contribution in [0, 0.1) is 17.0 Å². The number of carbonyl (C=O) groups is 2. The Morgan fingerprint density at radius 3 is 2.48 bits per heavy atom. The number of amides is 2. The monoisotopic (exact) mass is 339 g/mol. The molecule has 8 heteroatoms. The molecule has 1 aromatic heterocycles. The molecule has 0 aliphatic rings. The van der Waals surface area contributed by atoms with Crippen LogP contribution in [0.4, 0.5) is 5.69 Å². The van der Waals surface area contributed by atoms with Crippen LogP contribution >= 0.6 is 0 Å². The van der Waals surface area contributed by atoms with E-state index in [0.29, 0.717) is 11.1 Å². The molecule has 0 saturated heterocycles. The number of hydrogen-bond donors (Lipinski definition) is 2. The maximum absolute atomic E-state index is 12.2. The van der Waals surface area contributed by atoms with Crippen LogP contribution < -0.4 is 10.9 Å². The second kappa shape index (κ2) is 6.44. The summed E-state index contributed by atoms with van der Waals surface area (Å²) in [4.78, 5) is 34.4. The van der Waals surface area contributed by atoms with Gasteiger partial charge in [0.2, 0.25) is 0 Å². The fourth-order valence-electron chi connectivity index (χ4n) is 2.39. The zero-order chi connectivity index (χ0) is 18.0. The minimum Gasteiger partial charge on any atom is -0.451 e. The minimum atomic E-state index is -0.675. The molecule has 0 aliphatic carbocycles. The zero-order valence-electron chi connectivity index (χ0n) is 13.1. The number of hydrazine groups is 1. The van der Waals surface area contributed by atoms with Crippen LogP contribution in [0.2, 0.25) is 0 Å². The van der Waals surface area contributed by atoms with Gasteiger partial charge < -0.3 is 4.42 Å². The number of para-hydroxylation sites is 1. The molecule has 126 valence electrons. The lowest BCUT2D eigenvalue weighted by atomic mass is 10.1. The van der Waals surface area contributed by atoms with E-state index in [1.165, 1.54) is 18.2 Å². The zero-order valence-corrected chi connectivity index (χ0v) is 13.1. The van der Waals surface area contributed by atoms with Gasteiger partial charge in [0.1, 0.15) is 5.58 Å². The summed E-state index contributed by atoms with van der Waals surface area (Å²) < 4.78 is 5.50. The van der Waals surface area contributed by atoms with E-state index < -0.39 is 16.7 Å². The maximum atomic E-state index is 12.2. The molecular formula is C17H13N3O5. The van der Waals surface area contributed by atoms with Gasteiger partial charge in [-0.25, -0.2) is 0 Å². The van der Waals surface area contributed by atoms with Crippen molar-refractivity contribution in [3.8, 4) is 0 Å². The van der Waals surface area contributed by atoms with E-state index >= 15 is 0 Å². The molecule has 2 aromatic carbocycles. The number of hydrogen-bond acceptors (Lipinski definition) is 5. The van der Waals surface area contributed by atoms with Crippen molar-refractivity contribution in [2.75, 3.05) is 0 Å². The smallest absolute Gasteiger partial charge is 0.305 e. The fraction of sp³-hybridized carbons (Fsp3) is 0.0588. The largest absolute Gasteiger partial charge is 0.451 e. The number of furan rings is 1. The molecule has 0 atom stereocenters. The van der Waals surface area contributed by atoms with E-state index in [1.807, 2.05) is 12.1 Å². The molecule has 0 aliphatic heterocycles. The van der Waals surface area contributed by atoms with Crippen LogP contribution in [-0.2, 0) is 0 Å². The number of aryl methyl sites for hydroxylation is 1. The Bertz CT molecular complexity index is 993. The van der Waals surface area contributed by atoms with Crippen molar-refractivity contribution >= 4 is 28.5 Å². The van der Waals surface area contributed by atoms with Gasteiger partial charge >= 0.3 is 5.91 Å². The molecule has 2 amide bonds. The molecule has 0 saturated carbocycles. The summed E-state index contributed by atoms with van der Waals surface area (Å²) in [6.07, 6.45) is 0. The second-order valence-electron chi connectivity index (χ2n) is 5.27. The van der Waals surface area contributed by atoms with Crippen molar-refractivity contribution in [1.29, 1.82) is 0 Å². The van der Waals surface area contributed by atoms with E-state index in [9.17, 15) is 19.7 Å². The van der Waals surface area contributed by atoms with Gasteiger partial charge in [-0.3, -0.25) is 30.6 Å². The Labute approximate surface area is 141 Å². The first-order valence-electron chi connectivity index (χ1n) is 7.30. The number of nitrogens with zero attached hydrogens (tertiary/aromatic N) is 1. The first-order valence-corrected chi connectivity index (χ1v) is 7.30. The molecule has 0 radical (unpaired) electrons. The molecule has 0 bridgehead atoms. The summed E-state index contributed by atoms with van der Waals surface area (Å²) in [5.74, 6) is -1.21. The van der Waals surface area contributed by atoms with Crippen molar-refractivity contribution in [2.24, 2.45) is 0 Å². The predicted molar refractivity (Wildman–Crippen MR) is 89.0 cm³/mol. The maximum Gasteiger partial charge on any atom is 0.305 e. The molecule has 1 heterocycles. The molecule has 3 rings (SSSR count). The number of nitro groups is 1. The van der Waals surface area contributed by atoms with Crippen LogP contribution in [0.3, 0.4) is 0 Å². The van der Waals surface area contributed by atoms with Crippen molar-refractivity contribution in [2.45, 2.75) is 6.92 Å². The highest BCUT2D eigenvalue weighted by Crippen LogP contribution is 2.24. The van der Waals surface area contributed by atoms with Crippen molar-refractivity contribution in [3.63, 3.8) is 0 Å². The highest BCUT2D eigenvalue weighted by atomic mass is 16.6. The van der Waals surface area contributed by atoms with E-state index in [-0.39, 0.29) is 17.0 Å². The van der Waals surface area contributed by atoms with Crippen LogP contribution in [0.5, 0.6) is 0 Å². The molecule has 25 heavy (non-hydrogen) atoms. The van der Waals surface area contributed by atoms with E-state index in [1.54, 1.807) is 19.1 Å². The molecule has 0 unspecified atom stereocenters. The lowest BCUT2D eigenvalue weighted by molar-refractivity contribution is -0.384. The van der Waals surface area contributed by atoms with Gasteiger partial charge in [-0.2, -0.15) is 0 Å². The standard InChI is InChI=1S/C17H13N3O5/c1-10-13-7-2-3-8-14(13)25-15(10)17(22)19-18-16(21)11-5-4-6-12(9-11)20(23)24/h2-9H,1H3,(H,18,21)(H,19,22). The number of carbonyl (C=O) groups excluding carboxylic acids is 2. The van der Waals surface area contributed by atoms with Crippen LogP contribution in [0.25, 0.3) is 11.0 Å². The Kier molecular flexibility index (Phi) is 4.17. The van der Waals surface area contributed by atoms with E-state index in [0.717, 1.165) is 11.5 Å². The number of fused-ring (bicyclic) bond motifs is 1. The number of nitro benzene ring substituents is 1. The molecular weight excluding hydrogens is 326 g/mol. The highest BCUT2D eigenvalue weighted by molar-refractivity contribution is 6.01. The van der Waals surface area contributed by atoms with Crippen molar-refractivity contribution in [1.82, 2.24) is 10.9 Å². The van der Waals surface area contributed by atoms with E-state index in [2.05, 4.69) is 10.9 Å². The Hall–Kier alpha value is -3.68. The molecule has 0 fully saturated rings. The minimum absolute atomic E-state index is 0.0517. The molecule has 8 nitrogen and oxygen atoms in total. The third-order valence-corrected chi connectivity index (χ3v) is 3.66. The average molecular weight is 339 g/mol. The number of rotatable bonds is 3. The van der Waals surface area contributed by atoms with Crippen LogP contribution in [0.1, 0.15) is 26.5 Å².